The molecule has 1 fully saturated rings. The molecule has 154 valence electrons. The third kappa shape index (κ3) is 4.49. The second kappa shape index (κ2) is 9.02. The lowest BCUT2D eigenvalue weighted by atomic mass is 10.2. The summed E-state index contributed by atoms with van der Waals surface area (Å²) in [6.07, 6.45) is 0.974. The van der Waals surface area contributed by atoms with Crippen LogP contribution in [0, 0.1) is 6.92 Å². The van der Waals surface area contributed by atoms with Crippen LogP contribution in [0.25, 0.3) is 20.2 Å². The highest BCUT2D eigenvalue weighted by Gasteiger charge is 2.15. The lowest BCUT2D eigenvalue weighted by Gasteiger charge is -2.26. The van der Waals surface area contributed by atoms with E-state index in [-0.39, 0.29) is 11.5 Å². The molecule has 1 aliphatic heterocycles. The topological polar surface area (TPSA) is 76.5 Å². The third-order valence-corrected chi connectivity index (χ3v) is 6.55. The van der Waals surface area contributed by atoms with Gasteiger partial charge in [-0.15, -0.1) is 11.3 Å². The Morgan fingerprint density at radius 1 is 1.24 bits per heavy atom. The molecule has 1 amide bonds. The number of aryl methyl sites for hydroxylation is 2. The second-order valence-corrected chi connectivity index (χ2v) is 8.38. The maximum Gasteiger partial charge on any atom is 0.276 e. The monoisotopic (exact) mass is 414 g/mol. The fourth-order valence-corrected chi connectivity index (χ4v) is 4.86. The Morgan fingerprint density at radius 2 is 2.03 bits per heavy atom. The Kier molecular flexibility index (Phi) is 6.22. The van der Waals surface area contributed by atoms with Crippen LogP contribution in [0.3, 0.4) is 0 Å². The lowest BCUT2D eigenvalue weighted by molar-refractivity contribution is -0.121. The number of hydrogen-bond donors (Lipinski definition) is 1. The van der Waals surface area contributed by atoms with Gasteiger partial charge in [-0.05, 0) is 19.4 Å². The maximum atomic E-state index is 13.0. The molecule has 0 spiro atoms. The molecule has 8 heteroatoms. The van der Waals surface area contributed by atoms with Gasteiger partial charge >= 0.3 is 0 Å². The summed E-state index contributed by atoms with van der Waals surface area (Å²) in [4.78, 5) is 27.4. The molecule has 4 rings (SSSR count). The van der Waals surface area contributed by atoms with Gasteiger partial charge in [0.05, 0.1) is 29.0 Å². The number of rotatable bonds is 7. The van der Waals surface area contributed by atoms with Gasteiger partial charge in [-0.2, -0.15) is 5.10 Å². The highest BCUT2D eigenvalue weighted by molar-refractivity contribution is 7.26. The van der Waals surface area contributed by atoms with Crippen molar-refractivity contribution in [1.29, 1.82) is 0 Å². The average molecular weight is 415 g/mol. The van der Waals surface area contributed by atoms with Crippen molar-refractivity contribution in [3.05, 3.63) is 40.3 Å². The predicted octanol–water partition coefficient (Wildman–Crippen LogP) is 2.15. The number of benzene rings is 1. The third-order valence-electron chi connectivity index (χ3n) is 5.27. The van der Waals surface area contributed by atoms with E-state index in [2.05, 4.69) is 15.3 Å². The number of carbonyl (C=O) groups is 1. The zero-order valence-corrected chi connectivity index (χ0v) is 17.5. The molecule has 0 bridgehead atoms. The van der Waals surface area contributed by atoms with Gasteiger partial charge in [0.2, 0.25) is 5.91 Å². The van der Waals surface area contributed by atoms with E-state index in [1.807, 2.05) is 31.2 Å². The molecule has 0 atom stereocenters. The molecule has 1 N–H and O–H groups in total. The fraction of sp³-hybridized carbons (Fsp3) is 0.476. The van der Waals surface area contributed by atoms with Crippen LogP contribution in [0.1, 0.15) is 18.5 Å². The molecule has 1 aliphatic rings. The van der Waals surface area contributed by atoms with Crippen LogP contribution in [0.15, 0.2) is 29.1 Å². The van der Waals surface area contributed by atoms with Gasteiger partial charge in [0.15, 0.2) is 0 Å². The number of hydrogen-bond acceptors (Lipinski definition) is 6. The molecule has 7 nitrogen and oxygen atoms in total. The number of carbonyl (C=O) groups excluding carboxylic acids is 1. The normalized spacial score (nSPS) is 15.2. The van der Waals surface area contributed by atoms with Crippen molar-refractivity contribution < 1.29 is 9.53 Å². The SMILES string of the molecule is Cc1nn(CCCC(=O)NCCN2CCOCC2)c(=O)c2c1sc1ccccc12. The number of ether oxygens (including phenoxy) is 1. The predicted molar refractivity (Wildman–Crippen MR) is 116 cm³/mol. The minimum Gasteiger partial charge on any atom is -0.379 e. The zero-order valence-electron chi connectivity index (χ0n) is 16.6. The molecule has 3 aromatic rings. The maximum absolute atomic E-state index is 13.0. The smallest absolute Gasteiger partial charge is 0.276 e. The van der Waals surface area contributed by atoms with Crippen LogP contribution in [-0.4, -0.2) is 60.0 Å². The van der Waals surface area contributed by atoms with E-state index in [0.29, 0.717) is 25.9 Å². The first kappa shape index (κ1) is 20.0. The van der Waals surface area contributed by atoms with Gasteiger partial charge in [-0.1, -0.05) is 18.2 Å². The van der Waals surface area contributed by atoms with Crippen molar-refractivity contribution in [1.82, 2.24) is 20.0 Å². The number of fused-ring (bicyclic) bond motifs is 3. The summed E-state index contributed by atoms with van der Waals surface area (Å²) >= 11 is 1.61. The minimum atomic E-state index is -0.0734. The van der Waals surface area contributed by atoms with Crippen LogP contribution in [-0.2, 0) is 16.1 Å². The molecular weight excluding hydrogens is 388 g/mol. The van der Waals surface area contributed by atoms with E-state index < -0.39 is 0 Å². The molecule has 1 saturated heterocycles. The Labute approximate surface area is 173 Å². The first-order valence-corrected chi connectivity index (χ1v) is 10.9. The summed E-state index contributed by atoms with van der Waals surface area (Å²) in [5.74, 6) is 0.0186. The summed E-state index contributed by atoms with van der Waals surface area (Å²) in [7, 11) is 0. The van der Waals surface area contributed by atoms with E-state index in [9.17, 15) is 9.59 Å². The van der Waals surface area contributed by atoms with Crippen molar-refractivity contribution >= 4 is 37.4 Å². The van der Waals surface area contributed by atoms with Crippen LogP contribution in [0.5, 0.6) is 0 Å². The van der Waals surface area contributed by atoms with Gasteiger partial charge in [0, 0.05) is 49.2 Å². The number of aromatic nitrogens is 2. The molecule has 2 aromatic heterocycles. The Bertz CT molecular complexity index is 1070. The van der Waals surface area contributed by atoms with E-state index >= 15 is 0 Å². The van der Waals surface area contributed by atoms with E-state index in [4.69, 9.17) is 4.74 Å². The summed E-state index contributed by atoms with van der Waals surface area (Å²) < 4.78 is 8.89. The second-order valence-electron chi connectivity index (χ2n) is 7.32. The van der Waals surface area contributed by atoms with Gasteiger partial charge in [0.1, 0.15) is 0 Å². The molecule has 1 aromatic carbocycles. The van der Waals surface area contributed by atoms with Gasteiger partial charge in [-0.25, -0.2) is 4.68 Å². The minimum absolute atomic E-state index is 0.0186. The van der Waals surface area contributed by atoms with Gasteiger partial charge in [-0.3, -0.25) is 14.5 Å². The largest absolute Gasteiger partial charge is 0.379 e. The van der Waals surface area contributed by atoms with Crippen molar-refractivity contribution in [3.8, 4) is 0 Å². The van der Waals surface area contributed by atoms with Crippen LogP contribution < -0.4 is 10.9 Å². The first-order valence-electron chi connectivity index (χ1n) is 10.1. The number of morpholine rings is 1. The molecule has 29 heavy (non-hydrogen) atoms. The van der Waals surface area contributed by atoms with Crippen LogP contribution in [0.2, 0.25) is 0 Å². The molecule has 3 heterocycles. The summed E-state index contributed by atoms with van der Waals surface area (Å²) in [6.45, 7) is 7.23. The lowest BCUT2D eigenvalue weighted by Crippen LogP contribution is -2.41. The van der Waals surface area contributed by atoms with Crippen molar-refractivity contribution in [2.45, 2.75) is 26.3 Å². The van der Waals surface area contributed by atoms with E-state index in [1.165, 1.54) is 4.68 Å². The summed E-state index contributed by atoms with van der Waals surface area (Å²) in [6, 6.07) is 7.96. The van der Waals surface area contributed by atoms with E-state index in [1.54, 1.807) is 11.3 Å². The van der Waals surface area contributed by atoms with E-state index in [0.717, 1.165) is 58.7 Å². The molecule has 0 unspecified atom stereocenters. The zero-order chi connectivity index (χ0) is 20.2. The van der Waals surface area contributed by atoms with Crippen molar-refractivity contribution in [3.63, 3.8) is 0 Å². The summed E-state index contributed by atoms with van der Waals surface area (Å²) in [5.41, 5.74) is 0.784. The average Bonchev–Trinajstić information content (AvgIpc) is 3.13. The van der Waals surface area contributed by atoms with Gasteiger partial charge < -0.3 is 10.1 Å². The highest BCUT2D eigenvalue weighted by atomic mass is 32.1. The van der Waals surface area contributed by atoms with Crippen molar-refractivity contribution in [2.24, 2.45) is 0 Å². The van der Waals surface area contributed by atoms with Crippen molar-refractivity contribution in [2.75, 3.05) is 39.4 Å². The molecule has 0 saturated carbocycles. The molecule has 0 aliphatic carbocycles. The number of nitrogens with one attached hydrogen (secondary N) is 1. The quantitative estimate of drug-likeness (QED) is 0.641. The van der Waals surface area contributed by atoms with Crippen LogP contribution in [0.4, 0.5) is 0 Å². The highest BCUT2D eigenvalue weighted by Crippen LogP contribution is 2.32. The molecular formula is C21H26N4O3S. The Hall–Kier alpha value is -2.29. The molecule has 0 radical (unpaired) electrons. The van der Waals surface area contributed by atoms with Crippen LogP contribution >= 0.6 is 11.3 Å². The fourth-order valence-electron chi connectivity index (χ4n) is 3.72. The first-order chi connectivity index (χ1) is 14.1. The number of amides is 1. The Balaban J connectivity index is 1.34. The number of nitrogens with zero attached hydrogens (tertiary/aromatic N) is 3. The summed E-state index contributed by atoms with van der Waals surface area (Å²) in [5, 5.41) is 9.17. The van der Waals surface area contributed by atoms with Gasteiger partial charge in [0.25, 0.3) is 5.56 Å². The number of thiophene rings is 1. The standard InChI is InChI=1S/C21H26N4O3S/c1-15-20-19(16-5-2-3-6-17(16)29-20)21(27)25(23-15)9-4-7-18(26)22-8-10-24-11-13-28-14-12-24/h2-3,5-6H,4,7-14H2,1H3,(H,22,26). The Morgan fingerprint density at radius 3 is 2.86 bits per heavy atom.